The van der Waals surface area contributed by atoms with Crippen molar-refractivity contribution in [2.24, 2.45) is 0 Å². The highest BCUT2D eigenvalue weighted by Gasteiger charge is 2.21. The van der Waals surface area contributed by atoms with Gasteiger partial charge in [-0.25, -0.2) is 0 Å². The van der Waals surface area contributed by atoms with Crippen molar-refractivity contribution in [1.29, 1.82) is 0 Å². The van der Waals surface area contributed by atoms with E-state index in [0.717, 1.165) is 32.5 Å². The van der Waals surface area contributed by atoms with E-state index in [0.29, 0.717) is 19.2 Å². The smallest absolute Gasteiger partial charge is 0.234 e. The van der Waals surface area contributed by atoms with E-state index in [1.54, 1.807) is 7.11 Å². The molecule has 1 fully saturated rings. The Morgan fingerprint density at radius 3 is 2.72 bits per heavy atom. The monoisotopic (exact) mass is 257 g/mol. The second-order valence-corrected chi connectivity index (χ2v) is 4.97. The number of rotatable bonds is 7. The Balaban J connectivity index is 2.34. The van der Waals surface area contributed by atoms with Crippen LogP contribution in [0.15, 0.2) is 0 Å². The molecule has 0 spiro atoms. The van der Waals surface area contributed by atoms with Crippen LogP contribution in [-0.2, 0) is 9.53 Å². The minimum Gasteiger partial charge on any atom is -0.383 e. The van der Waals surface area contributed by atoms with Gasteiger partial charge < -0.3 is 15.4 Å². The third-order valence-corrected chi connectivity index (χ3v) is 3.40. The molecule has 0 aromatic carbocycles. The lowest BCUT2D eigenvalue weighted by Crippen LogP contribution is -2.48. The van der Waals surface area contributed by atoms with Crippen molar-refractivity contribution >= 4 is 5.91 Å². The van der Waals surface area contributed by atoms with Gasteiger partial charge in [0.1, 0.15) is 0 Å². The van der Waals surface area contributed by atoms with Gasteiger partial charge in [-0.15, -0.1) is 0 Å². The molecule has 1 saturated heterocycles. The quantitative estimate of drug-likeness (QED) is 0.685. The fourth-order valence-electron chi connectivity index (χ4n) is 2.47. The van der Waals surface area contributed by atoms with E-state index in [1.807, 2.05) is 6.92 Å². The van der Waals surface area contributed by atoms with Crippen LogP contribution in [0.5, 0.6) is 0 Å². The molecule has 0 aromatic heterocycles. The molecule has 1 amide bonds. The normalized spacial score (nSPS) is 18.9. The molecular formula is C13H27N3O2. The number of piperidine rings is 1. The van der Waals surface area contributed by atoms with Gasteiger partial charge in [-0.1, -0.05) is 6.92 Å². The second kappa shape index (κ2) is 8.45. The number of likely N-dealkylation sites (N-methyl/N-ethyl adjacent to an activating group) is 1. The van der Waals surface area contributed by atoms with Crippen molar-refractivity contribution in [2.75, 3.05) is 39.9 Å². The Morgan fingerprint density at radius 2 is 2.17 bits per heavy atom. The molecule has 0 bridgehead atoms. The van der Waals surface area contributed by atoms with Gasteiger partial charge in [-0.05, 0) is 39.4 Å². The van der Waals surface area contributed by atoms with Gasteiger partial charge >= 0.3 is 0 Å². The molecule has 1 heterocycles. The van der Waals surface area contributed by atoms with E-state index in [4.69, 9.17) is 4.74 Å². The van der Waals surface area contributed by atoms with Crippen LogP contribution in [0.1, 0.15) is 26.7 Å². The Kier molecular flexibility index (Phi) is 7.23. The fourth-order valence-corrected chi connectivity index (χ4v) is 2.47. The molecule has 106 valence electrons. The molecule has 1 aliphatic rings. The van der Waals surface area contributed by atoms with E-state index < -0.39 is 0 Å². The Bertz CT molecular complexity index is 242. The molecule has 0 aliphatic carbocycles. The summed E-state index contributed by atoms with van der Waals surface area (Å²) in [5.41, 5.74) is 0. The van der Waals surface area contributed by atoms with Crippen LogP contribution < -0.4 is 10.6 Å². The van der Waals surface area contributed by atoms with Crippen molar-refractivity contribution < 1.29 is 9.53 Å². The zero-order valence-corrected chi connectivity index (χ0v) is 11.9. The van der Waals surface area contributed by atoms with Gasteiger partial charge in [0.05, 0.1) is 13.2 Å². The number of carbonyl (C=O) groups excluding carboxylic acids is 1. The highest BCUT2D eigenvalue weighted by atomic mass is 16.5. The zero-order valence-electron chi connectivity index (χ0n) is 11.9. The summed E-state index contributed by atoms with van der Waals surface area (Å²) in [6, 6.07) is 0.619. The molecule has 1 atom stereocenters. The molecule has 1 unspecified atom stereocenters. The van der Waals surface area contributed by atoms with Crippen molar-refractivity contribution in [3.05, 3.63) is 0 Å². The van der Waals surface area contributed by atoms with E-state index in [2.05, 4.69) is 22.5 Å². The SMILES string of the molecule is CCN(CC(=O)NC(C)COC)C1CCNCC1. The summed E-state index contributed by atoms with van der Waals surface area (Å²) in [7, 11) is 1.65. The minimum atomic E-state index is 0.0780. The first-order chi connectivity index (χ1) is 8.67. The van der Waals surface area contributed by atoms with Crippen LogP contribution in [0.3, 0.4) is 0 Å². The van der Waals surface area contributed by atoms with Crippen molar-refractivity contribution in [3.8, 4) is 0 Å². The summed E-state index contributed by atoms with van der Waals surface area (Å²) in [5, 5.41) is 6.32. The largest absolute Gasteiger partial charge is 0.383 e. The zero-order chi connectivity index (χ0) is 13.4. The Morgan fingerprint density at radius 1 is 1.50 bits per heavy atom. The number of hydrogen-bond acceptors (Lipinski definition) is 4. The number of carbonyl (C=O) groups is 1. The molecule has 18 heavy (non-hydrogen) atoms. The maximum Gasteiger partial charge on any atom is 0.234 e. The Labute approximate surface area is 110 Å². The predicted molar refractivity (Wildman–Crippen MR) is 72.6 cm³/mol. The lowest BCUT2D eigenvalue weighted by atomic mass is 10.0. The molecular weight excluding hydrogens is 230 g/mol. The average molecular weight is 257 g/mol. The lowest BCUT2D eigenvalue weighted by Gasteiger charge is -2.33. The molecule has 5 nitrogen and oxygen atoms in total. The van der Waals surface area contributed by atoms with Gasteiger partial charge in [-0.2, -0.15) is 0 Å². The van der Waals surface area contributed by atoms with E-state index in [-0.39, 0.29) is 11.9 Å². The molecule has 0 radical (unpaired) electrons. The van der Waals surface area contributed by atoms with Crippen molar-refractivity contribution in [1.82, 2.24) is 15.5 Å². The molecule has 5 heteroatoms. The summed E-state index contributed by atoms with van der Waals surface area (Å²) in [6.45, 7) is 8.18. The average Bonchev–Trinajstić information content (AvgIpc) is 2.37. The summed E-state index contributed by atoms with van der Waals surface area (Å²) in [6.07, 6.45) is 2.27. The third kappa shape index (κ3) is 5.33. The first-order valence-electron chi connectivity index (χ1n) is 6.90. The standard InChI is InChI=1S/C13H27N3O2/c1-4-16(12-5-7-14-8-6-12)9-13(17)15-11(2)10-18-3/h11-12,14H,4-10H2,1-3H3,(H,15,17). The van der Waals surface area contributed by atoms with Crippen LogP contribution in [0.4, 0.5) is 0 Å². The maximum atomic E-state index is 11.9. The number of nitrogens with one attached hydrogen (secondary N) is 2. The topological polar surface area (TPSA) is 53.6 Å². The highest BCUT2D eigenvalue weighted by molar-refractivity contribution is 5.78. The molecule has 0 saturated carbocycles. The molecule has 0 aromatic rings. The van der Waals surface area contributed by atoms with Crippen LogP contribution in [0, 0.1) is 0 Å². The van der Waals surface area contributed by atoms with Crippen LogP contribution in [-0.4, -0.2) is 62.8 Å². The van der Waals surface area contributed by atoms with Crippen molar-refractivity contribution in [2.45, 2.75) is 38.8 Å². The van der Waals surface area contributed by atoms with Gasteiger partial charge in [-0.3, -0.25) is 9.69 Å². The lowest BCUT2D eigenvalue weighted by molar-refractivity contribution is -0.123. The predicted octanol–water partition coefficient (Wildman–Crippen LogP) is 0.211. The Hall–Kier alpha value is -0.650. The van der Waals surface area contributed by atoms with E-state index in [1.165, 1.54) is 0 Å². The first kappa shape index (κ1) is 15.4. The number of methoxy groups -OCH3 is 1. The fraction of sp³-hybridized carbons (Fsp3) is 0.923. The van der Waals surface area contributed by atoms with E-state index in [9.17, 15) is 4.79 Å². The molecule has 1 rings (SSSR count). The third-order valence-electron chi connectivity index (χ3n) is 3.40. The number of ether oxygens (including phenoxy) is 1. The summed E-state index contributed by atoms with van der Waals surface area (Å²) in [4.78, 5) is 14.2. The van der Waals surface area contributed by atoms with Gasteiger partial charge in [0, 0.05) is 19.2 Å². The summed E-state index contributed by atoms with van der Waals surface area (Å²) < 4.78 is 5.02. The van der Waals surface area contributed by atoms with Crippen LogP contribution in [0.25, 0.3) is 0 Å². The summed E-state index contributed by atoms with van der Waals surface area (Å²) >= 11 is 0. The molecule has 1 aliphatic heterocycles. The molecule has 2 N–H and O–H groups in total. The number of nitrogens with zero attached hydrogens (tertiary/aromatic N) is 1. The van der Waals surface area contributed by atoms with Gasteiger partial charge in [0.2, 0.25) is 5.91 Å². The van der Waals surface area contributed by atoms with Crippen LogP contribution >= 0.6 is 0 Å². The van der Waals surface area contributed by atoms with Gasteiger partial charge in [0.15, 0.2) is 0 Å². The summed E-state index contributed by atoms with van der Waals surface area (Å²) in [5.74, 6) is 0.0972. The second-order valence-electron chi connectivity index (χ2n) is 4.97. The number of amides is 1. The highest BCUT2D eigenvalue weighted by Crippen LogP contribution is 2.10. The minimum absolute atomic E-state index is 0.0780. The van der Waals surface area contributed by atoms with Crippen LogP contribution in [0.2, 0.25) is 0 Å². The number of hydrogen-bond donors (Lipinski definition) is 2. The van der Waals surface area contributed by atoms with E-state index >= 15 is 0 Å². The maximum absolute atomic E-state index is 11.9. The first-order valence-corrected chi connectivity index (χ1v) is 6.90. The van der Waals surface area contributed by atoms with Gasteiger partial charge in [0.25, 0.3) is 0 Å². The van der Waals surface area contributed by atoms with Crippen molar-refractivity contribution in [3.63, 3.8) is 0 Å².